The van der Waals surface area contributed by atoms with Gasteiger partial charge in [0, 0.05) is 38.9 Å². The number of hydrogen-bond donors (Lipinski definition) is 1. The lowest BCUT2D eigenvalue weighted by Crippen LogP contribution is -2.32. The van der Waals surface area contributed by atoms with Gasteiger partial charge in [0.15, 0.2) is 0 Å². The molecule has 2 saturated heterocycles. The van der Waals surface area contributed by atoms with Crippen LogP contribution >= 0.6 is 11.6 Å². The van der Waals surface area contributed by atoms with E-state index in [1.54, 1.807) is 18.2 Å². The number of nitrogens with zero attached hydrogens (tertiary/aromatic N) is 3. The standard InChI is InChI=1S/C23H28ClFN4O/c24-19-2-1-3-20(25)23(19)21-4-5-22(28-27-21)26-18-10-16-13-29(14-17(16)11-18)12-15-6-8-30-9-7-15/h1-5,15-18H,6-14H2,(H,26,28)/t16-,17+,18+. The maximum atomic E-state index is 14.1. The third-order valence-electron chi connectivity index (χ3n) is 6.92. The van der Waals surface area contributed by atoms with E-state index in [0.717, 1.165) is 36.8 Å². The molecule has 1 N–H and O–H groups in total. The van der Waals surface area contributed by atoms with E-state index in [1.807, 2.05) is 6.07 Å². The zero-order valence-electron chi connectivity index (χ0n) is 17.1. The first-order valence-electron chi connectivity index (χ1n) is 11.0. The first-order valence-corrected chi connectivity index (χ1v) is 11.4. The molecule has 160 valence electrons. The smallest absolute Gasteiger partial charge is 0.148 e. The summed E-state index contributed by atoms with van der Waals surface area (Å²) < 4.78 is 19.6. The second kappa shape index (κ2) is 8.77. The van der Waals surface area contributed by atoms with Crippen LogP contribution in [0.3, 0.4) is 0 Å². The molecule has 1 aromatic heterocycles. The number of ether oxygens (including phenoxy) is 1. The highest BCUT2D eigenvalue weighted by Gasteiger charge is 2.41. The minimum absolute atomic E-state index is 0.304. The molecule has 0 bridgehead atoms. The molecule has 7 heteroatoms. The molecule has 3 aliphatic rings. The van der Waals surface area contributed by atoms with E-state index in [-0.39, 0.29) is 5.82 Å². The number of fused-ring (bicyclic) bond motifs is 1. The monoisotopic (exact) mass is 430 g/mol. The second-order valence-electron chi connectivity index (χ2n) is 9.01. The molecule has 5 rings (SSSR count). The van der Waals surface area contributed by atoms with E-state index in [0.29, 0.717) is 22.3 Å². The van der Waals surface area contributed by atoms with Crippen LogP contribution in [0.4, 0.5) is 10.2 Å². The van der Waals surface area contributed by atoms with E-state index in [9.17, 15) is 4.39 Å². The van der Waals surface area contributed by atoms with Crippen LogP contribution < -0.4 is 5.32 Å². The normalized spacial score (nSPS) is 27.3. The molecule has 0 amide bonds. The predicted octanol–water partition coefficient (Wildman–Crippen LogP) is 4.49. The highest BCUT2D eigenvalue weighted by molar-refractivity contribution is 6.33. The fourth-order valence-corrected chi connectivity index (χ4v) is 5.71. The Morgan fingerprint density at radius 3 is 2.50 bits per heavy atom. The lowest BCUT2D eigenvalue weighted by Gasteiger charge is -2.27. The van der Waals surface area contributed by atoms with E-state index in [4.69, 9.17) is 16.3 Å². The van der Waals surface area contributed by atoms with Gasteiger partial charge in [0.25, 0.3) is 0 Å². The van der Waals surface area contributed by atoms with Crippen molar-refractivity contribution in [2.45, 2.75) is 31.7 Å². The van der Waals surface area contributed by atoms with Gasteiger partial charge in [0.05, 0.1) is 16.3 Å². The van der Waals surface area contributed by atoms with Gasteiger partial charge < -0.3 is 15.0 Å². The van der Waals surface area contributed by atoms with Crippen LogP contribution in [0.25, 0.3) is 11.3 Å². The van der Waals surface area contributed by atoms with Crippen molar-refractivity contribution in [2.24, 2.45) is 17.8 Å². The molecular weight excluding hydrogens is 403 g/mol. The van der Waals surface area contributed by atoms with E-state index in [1.165, 1.54) is 51.4 Å². The highest BCUT2D eigenvalue weighted by atomic mass is 35.5. The number of hydrogen-bond acceptors (Lipinski definition) is 5. The largest absolute Gasteiger partial charge is 0.381 e. The molecule has 3 heterocycles. The van der Waals surface area contributed by atoms with Crippen LogP contribution in [0.15, 0.2) is 30.3 Å². The number of anilines is 1. The average molecular weight is 431 g/mol. The molecular formula is C23H28ClFN4O. The highest BCUT2D eigenvalue weighted by Crippen LogP contribution is 2.40. The summed E-state index contributed by atoms with van der Waals surface area (Å²) in [7, 11) is 0. The first-order chi connectivity index (χ1) is 14.7. The maximum absolute atomic E-state index is 14.1. The molecule has 0 radical (unpaired) electrons. The quantitative estimate of drug-likeness (QED) is 0.757. The Balaban J connectivity index is 1.15. The fraction of sp³-hybridized carbons (Fsp3) is 0.565. The molecule has 2 aromatic rings. The van der Waals surface area contributed by atoms with Gasteiger partial charge in [0.1, 0.15) is 11.6 Å². The summed E-state index contributed by atoms with van der Waals surface area (Å²) in [5.74, 6) is 2.71. The van der Waals surface area contributed by atoms with E-state index in [2.05, 4.69) is 20.4 Å². The van der Waals surface area contributed by atoms with Crippen molar-refractivity contribution in [3.63, 3.8) is 0 Å². The average Bonchev–Trinajstić information content (AvgIpc) is 3.28. The number of halogens is 2. The van der Waals surface area contributed by atoms with Crippen molar-refractivity contribution in [2.75, 3.05) is 38.2 Å². The lowest BCUT2D eigenvalue weighted by atomic mass is 10.00. The van der Waals surface area contributed by atoms with Crippen molar-refractivity contribution in [1.82, 2.24) is 15.1 Å². The Hall–Kier alpha value is -1.76. The minimum atomic E-state index is -0.383. The molecule has 1 aliphatic carbocycles. The fourth-order valence-electron chi connectivity index (χ4n) is 5.45. The second-order valence-corrected chi connectivity index (χ2v) is 9.41. The summed E-state index contributed by atoms with van der Waals surface area (Å²) in [6.07, 6.45) is 4.78. The zero-order chi connectivity index (χ0) is 20.5. The SMILES string of the molecule is Fc1cccc(Cl)c1-c1ccc(N[C@H]2C[C@@H]3CN(CC4CCOCC4)C[C@@H]3C2)nn1. The number of aromatic nitrogens is 2. The first kappa shape index (κ1) is 20.2. The van der Waals surface area contributed by atoms with Crippen molar-refractivity contribution in [1.29, 1.82) is 0 Å². The summed E-state index contributed by atoms with van der Waals surface area (Å²) >= 11 is 6.14. The van der Waals surface area contributed by atoms with Crippen LogP contribution in [0.2, 0.25) is 5.02 Å². The summed E-state index contributed by atoms with van der Waals surface area (Å²) in [6.45, 7) is 5.54. The molecule has 30 heavy (non-hydrogen) atoms. The predicted molar refractivity (Wildman–Crippen MR) is 116 cm³/mol. The molecule has 1 saturated carbocycles. The Morgan fingerprint density at radius 1 is 1.07 bits per heavy atom. The van der Waals surface area contributed by atoms with Gasteiger partial charge in [0.2, 0.25) is 0 Å². The topological polar surface area (TPSA) is 50.3 Å². The Kier molecular flexibility index (Phi) is 5.89. The Bertz CT molecular complexity index is 840. The minimum Gasteiger partial charge on any atom is -0.381 e. The van der Waals surface area contributed by atoms with Crippen molar-refractivity contribution < 1.29 is 9.13 Å². The van der Waals surface area contributed by atoms with E-state index >= 15 is 0 Å². The van der Waals surface area contributed by atoms with Crippen molar-refractivity contribution >= 4 is 17.4 Å². The van der Waals surface area contributed by atoms with Crippen molar-refractivity contribution in [3.8, 4) is 11.3 Å². The number of benzene rings is 1. The molecule has 0 unspecified atom stereocenters. The van der Waals surface area contributed by atoms with E-state index < -0.39 is 0 Å². The van der Waals surface area contributed by atoms with Gasteiger partial charge in [-0.15, -0.1) is 10.2 Å². The zero-order valence-corrected chi connectivity index (χ0v) is 17.8. The van der Waals surface area contributed by atoms with Gasteiger partial charge in [-0.1, -0.05) is 17.7 Å². The van der Waals surface area contributed by atoms with Crippen LogP contribution in [0.5, 0.6) is 0 Å². The van der Waals surface area contributed by atoms with Gasteiger partial charge >= 0.3 is 0 Å². The maximum Gasteiger partial charge on any atom is 0.148 e. The van der Waals surface area contributed by atoms with Gasteiger partial charge in [-0.3, -0.25) is 0 Å². The Morgan fingerprint density at radius 2 is 1.83 bits per heavy atom. The molecule has 5 nitrogen and oxygen atoms in total. The van der Waals surface area contributed by atoms with Gasteiger partial charge in [-0.05, 0) is 67.7 Å². The van der Waals surface area contributed by atoms with Crippen LogP contribution in [0.1, 0.15) is 25.7 Å². The third kappa shape index (κ3) is 4.32. The summed E-state index contributed by atoms with van der Waals surface area (Å²) in [4.78, 5) is 2.67. The molecule has 2 aliphatic heterocycles. The van der Waals surface area contributed by atoms with Gasteiger partial charge in [-0.25, -0.2) is 4.39 Å². The van der Waals surface area contributed by atoms with Crippen LogP contribution in [0, 0.1) is 23.6 Å². The van der Waals surface area contributed by atoms with Crippen molar-refractivity contribution in [3.05, 3.63) is 41.2 Å². The summed E-state index contributed by atoms with van der Waals surface area (Å²) in [5.41, 5.74) is 0.758. The number of rotatable bonds is 5. The van der Waals surface area contributed by atoms with Crippen LogP contribution in [-0.2, 0) is 4.74 Å². The number of nitrogens with one attached hydrogen (secondary N) is 1. The molecule has 3 atom stereocenters. The summed E-state index contributed by atoms with van der Waals surface area (Å²) in [6, 6.07) is 8.73. The number of likely N-dealkylation sites (tertiary alicyclic amines) is 1. The molecule has 1 aromatic carbocycles. The Labute approximate surface area is 182 Å². The third-order valence-corrected chi connectivity index (χ3v) is 7.23. The molecule has 0 spiro atoms. The van der Waals surface area contributed by atoms with Crippen LogP contribution in [-0.4, -0.2) is 54.0 Å². The molecule has 3 fully saturated rings. The summed E-state index contributed by atoms with van der Waals surface area (Å²) in [5, 5.41) is 12.4. The lowest BCUT2D eigenvalue weighted by molar-refractivity contribution is 0.0545. The van der Waals surface area contributed by atoms with Gasteiger partial charge in [-0.2, -0.15) is 0 Å².